The van der Waals surface area contributed by atoms with Crippen molar-refractivity contribution in [3.63, 3.8) is 0 Å². The zero-order valence-corrected chi connectivity index (χ0v) is 28.5. The smallest absolute Gasteiger partial charge is 0.416 e. The number of piperidine rings is 1. The topological polar surface area (TPSA) is 114 Å². The number of carboxylic acid groups (broad SMARTS) is 1. The fourth-order valence-corrected chi connectivity index (χ4v) is 8.70. The van der Waals surface area contributed by atoms with Gasteiger partial charge in [-0.2, -0.15) is 13.2 Å². The van der Waals surface area contributed by atoms with E-state index in [-0.39, 0.29) is 35.0 Å². The molecule has 13 heteroatoms. The van der Waals surface area contributed by atoms with E-state index in [2.05, 4.69) is 10.3 Å². The van der Waals surface area contributed by atoms with Gasteiger partial charge in [0.1, 0.15) is 11.6 Å². The van der Waals surface area contributed by atoms with Gasteiger partial charge >= 0.3 is 12.1 Å². The molecular formula is C36H41F3N4O5S. The Morgan fingerprint density at radius 1 is 1.06 bits per heavy atom. The standard InChI is InChI=1S/C36H41F3N4O5S/c1-22-41-32-19-29(18-31(34(32)42(22)2)24-7-5-17-40-20-24)49(46,47)43(3)27-13-9-23(10-14-27)30-8-4-6-25(33(30)35(44)45)21-48-28-15-11-26(12-16-28)36(37,38)39/h9-16,18-19,24-25,30,33,40H,4-8,17,20-21H2,1-3H3,(H,44,45)/t24-,25-,30+,33-/m1/s1. The van der Waals surface area contributed by atoms with Crippen molar-refractivity contribution in [2.75, 3.05) is 31.0 Å². The number of hydrogen-bond donors (Lipinski definition) is 2. The van der Waals surface area contributed by atoms with Crippen LogP contribution in [0.2, 0.25) is 0 Å². The van der Waals surface area contributed by atoms with Crippen LogP contribution in [-0.4, -0.2) is 55.8 Å². The monoisotopic (exact) mass is 698 g/mol. The van der Waals surface area contributed by atoms with E-state index in [1.165, 1.54) is 23.5 Å². The Morgan fingerprint density at radius 2 is 1.78 bits per heavy atom. The molecule has 262 valence electrons. The number of carbonyl (C=O) groups is 1. The lowest BCUT2D eigenvalue weighted by atomic mass is 9.69. The van der Waals surface area contributed by atoms with Gasteiger partial charge in [0, 0.05) is 26.6 Å². The number of sulfonamides is 1. The Balaban J connectivity index is 1.21. The number of rotatable bonds is 9. The number of nitrogens with zero attached hydrogens (tertiary/aromatic N) is 3. The van der Waals surface area contributed by atoms with E-state index in [0.717, 1.165) is 67.0 Å². The lowest BCUT2D eigenvalue weighted by molar-refractivity contribution is -0.146. The molecule has 0 unspecified atom stereocenters. The number of hydrogen-bond acceptors (Lipinski definition) is 6. The molecule has 49 heavy (non-hydrogen) atoms. The molecule has 2 heterocycles. The third-order valence-electron chi connectivity index (χ3n) is 10.2. The van der Waals surface area contributed by atoms with Gasteiger partial charge in [-0.1, -0.05) is 18.6 Å². The molecule has 3 aromatic carbocycles. The van der Waals surface area contributed by atoms with Crippen LogP contribution < -0.4 is 14.4 Å². The molecule has 2 fully saturated rings. The Hall–Kier alpha value is -4.10. The van der Waals surface area contributed by atoms with Crippen LogP contribution in [0.1, 0.15) is 66.5 Å². The molecule has 1 saturated carbocycles. The van der Waals surface area contributed by atoms with Crippen molar-refractivity contribution >= 4 is 32.7 Å². The highest BCUT2D eigenvalue weighted by Gasteiger charge is 2.40. The van der Waals surface area contributed by atoms with E-state index in [0.29, 0.717) is 24.0 Å². The summed E-state index contributed by atoms with van der Waals surface area (Å²) in [5.74, 6) is -1.25. The van der Waals surface area contributed by atoms with Crippen molar-refractivity contribution in [1.29, 1.82) is 0 Å². The second-order valence-corrected chi connectivity index (χ2v) is 15.2. The highest BCUT2D eigenvalue weighted by Crippen LogP contribution is 2.43. The minimum atomic E-state index is -4.46. The van der Waals surface area contributed by atoms with Crippen molar-refractivity contribution in [3.05, 3.63) is 83.2 Å². The molecule has 0 radical (unpaired) electrons. The van der Waals surface area contributed by atoms with Gasteiger partial charge in [0.25, 0.3) is 10.0 Å². The Bertz CT molecular complexity index is 1920. The maximum atomic E-state index is 14.1. The van der Waals surface area contributed by atoms with Gasteiger partial charge in [0.2, 0.25) is 0 Å². The first kappa shape index (κ1) is 34.8. The summed E-state index contributed by atoms with van der Waals surface area (Å²) >= 11 is 0. The van der Waals surface area contributed by atoms with E-state index in [4.69, 9.17) is 4.74 Å². The van der Waals surface area contributed by atoms with Gasteiger partial charge in [0.15, 0.2) is 0 Å². The SMILES string of the molecule is Cc1nc2cc(S(=O)(=O)N(C)c3ccc([C@@H]4CCC[C@H](COc5ccc(C(F)(F)F)cc5)[C@H]4C(=O)O)cc3)cc([C@@H]3CCCNC3)c2n1C. The van der Waals surface area contributed by atoms with E-state index < -0.39 is 33.7 Å². The molecule has 6 rings (SSSR count). The molecule has 1 aromatic heterocycles. The Morgan fingerprint density at radius 3 is 2.41 bits per heavy atom. The number of aryl methyl sites for hydroxylation is 2. The highest BCUT2D eigenvalue weighted by molar-refractivity contribution is 7.92. The van der Waals surface area contributed by atoms with Crippen LogP contribution in [0, 0.1) is 18.8 Å². The lowest BCUT2D eigenvalue weighted by Gasteiger charge is -2.36. The predicted octanol–water partition coefficient (Wildman–Crippen LogP) is 6.86. The molecule has 1 aliphatic heterocycles. The minimum absolute atomic E-state index is 0.0525. The van der Waals surface area contributed by atoms with Crippen LogP contribution in [0.15, 0.2) is 65.6 Å². The average Bonchev–Trinajstić information content (AvgIpc) is 3.39. The summed E-state index contributed by atoms with van der Waals surface area (Å²) in [6, 6.07) is 14.7. The number of imidazole rings is 1. The van der Waals surface area contributed by atoms with E-state index in [1.54, 1.807) is 36.4 Å². The number of benzene rings is 3. The maximum Gasteiger partial charge on any atom is 0.416 e. The molecule has 1 saturated heterocycles. The average molecular weight is 699 g/mol. The van der Waals surface area contributed by atoms with Crippen molar-refractivity contribution in [3.8, 4) is 5.75 Å². The van der Waals surface area contributed by atoms with E-state index in [1.807, 2.05) is 18.5 Å². The fourth-order valence-electron chi connectivity index (χ4n) is 7.45. The third kappa shape index (κ3) is 7.00. The number of aliphatic carboxylic acids is 1. The normalized spacial score (nSPS) is 21.8. The van der Waals surface area contributed by atoms with Crippen molar-refractivity contribution in [1.82, 2.24) is 14.9 Å². The van der Waals surface area contributed by atoms with Gasteiger partial charge in [-0.3, -0.25) is 9.10 Å². The van der Waals surface area contributed by atoms with Crippen LogP contribution in [0.3, 0.4) is 0 Å². The second-order valence-electron chi connectivity index (χ2n) is 13.2. The zero-order chi connectivity index (χ0) is 35.1. The summed E-state index contributed by atoms with van der Waals surface area (Å²) in [7, 11) is -0.517. The number of carboxylic acids is 1. The summed E-state index contributed by atoms with van der Waals surface area (Å²) in [5.41, 5.74) is 2.98. The van der Waals surface area contributed by atoms with Crippen molar-refractivity contribution in [2.45, 2.75) is 61.9 Å². The third-order valence-corrected chi connectivity index (χ3v) is 12.0. The summed E-state index contributed by atoms with van der Waals surface area (Å²) in [4.78, 5) is 17.4. The first-order chi connectivity index (χ1) is 23.3. The summed E-state index contributed by atoms with van der Waals surface area (Å²) in [6.45, 7) is 3.66. The molecule has 4 atom stereocenters. The number of nitrogens with one attached hydrogen (secondary N) is 1. The summed E-state index contributed by atoms with van der Waals surface area (Å²) < 4.78 is 76.0. The van der Waals surface area contributed by atoms with E-state index in [9.17, 15) is 31.5 Å². The Kier molecular flexibility index (Phi) is 9.69. The second kappa shape index (κ2) is 13.7. The number of alkyl halides is 3. The van der Waals surface area contributed by atoms with Gasteiger partial charge in [-0.15, -0.1) is 0 Å². The number of anilines is 1. The Labute approximate surface area is 284 Å². The maximum absolute atomic E-state index is 14.1. The van der Waals surface area contributed by atoms with Gasteiger partial charge < -0.3 is 19.7 Å². The van der Waals surface area contributed by atoms with Crippen LogP contribution in [0.4, 0.5) is 18.9 Å². The number of ether oxygens (including phenoxy) is 1. The first-order valence-corrected chi connectivity index (χ1v) is 18.0. The number of halogens is 3. The van der Waals surface area contributed by atoms with Gasteiger partial charge in [-0.05, 0) is 111 Å². The first-order valence-electron chi connectivity index (χ1n) is 16.5. The molecule has 9 nitrogen and oxygen atoms in total. The molecule has 4 aromatic rings. The largest absolute Gasteiger partial charge is 0.493 e. The quantitative estimate of drug-likeness (QED) is 0.197. The predicted molar refractivity (Wildman–Crippen MR) is 180 cm³/mol. The highest BCUT2D eigenvalue weighted by atomic mass is 32.2. The van der Waals surface area contributed by atoms with Crippen molar-refractivity contribution in [2.24, 2.45) is 18.9 Å². The molecular weight excluding hydrogens is 657 g/mol. The van der Waals surface area contributed by atoms with Gasteiger partial charge in [-0.25, -0.2) is 13.4 Å². The number of fused-ring (bicyclic) bond motifs is 1. The summed E-state index contributed by atoms with van der Waals surface area (Å²) in [5, 5.41) is 13.7. The number of aromatic nitrogens is 2. The zero-order valence-electron chi connectivity index (χ0n) is 27.7. The van der Waals surface area contributed by atoms with Crippen LogP contribution >= 0.6 is 0 Å². The molecule has 1 aliphatic carbocycles. The lowest BCUT2D eigenvalue weighted by Crippen LogP contribution is -2.36. The minimum Gasteiger partial charge on any atom is -0.493 e. The van der Waals surface area contributed by atoms with Crippen LogP contribution in [0.5, 0.6) is 5.75 Å². The molecule has 2 aliphatic rings. The van der Waals surface area contributed by atoms with Crippen LogP contribution in [-0.2, 0) is 28.0 Å². The summed E-state index contributed by atoms with van der Waals surface area (Å²) in [6.07, 6.45) is -0.521. The van der Waals surface area contributed by atoms with E-state index >= 15 is 0 Å². The molecule has 0 amide bonds. The fraction of sp³-hybridized carbons (Fsp3) is 0.444. The molecule has 0 spiro atoms. The molecule has 2 N–H and O–H groups in total. The van der Waals surface area contributed by atoms with Crippen molar-refractivity contribution < 1.29 is 36.2 Å². The van der Waals surface area contributed by atoms with Gasteiger partial charge in [0.05, 0.1) is 39.7 Å². The van der Waals surface area contributed by atoms with Crippen LogP contribution in [0.25, 0.3) is 11.0 Å². The molecule has 0 bridgehead atoms.